The fraction of sp³-hybridized carbons (Fsp3) is 0.267. The van der Waals surface area contributed by atoms with E-state index >= 15 is 0 Å². The lowest BCUT2D eigenvalue weighted by atomic mass is 10.2. The quantitative estimate of drug-likeness (QED) is 0.734. The first-order valence-corrected chi connectivity index (χ1v) is 7.79. The molecule has 0 aliphatic carbocycles. The predicted octanol–water partition coefficient (Wildman–Crippen LogP) is 4.69. The second kappa shape index (κ2) is 5.56. The van der Waals surface area contributed by atoms with E-state index in [0.717, 1.165) is 21.2 Å². The van der Waals surface area contributed by atoms with Crippen LogP contribution in [0, 0.1) is 0 Å². The monoisotopic (exact) mass is 305 g/mol. The SMILES string of the molecule is CC(NC(C)c1ccc(Cl)s1)c1nc2ccccc2[nH]1. The molecule has 0 bridgehead atoms. The molecule has 0 fully saturated rings. The fourth-order valence-electron chi connectivity index (χ4n) is 2.27. The molecule has 3 nitrogen and oxygen atoms in total. The maximum atomic E-state index is 5.98. The van der Waals surface area contributed by atoms with E-state index in [0.29, 0.717) is 0 Å². The van der Waals surface area contributed by atoms with Gasteiger partial charge in [0.1, 0.15) is 5.82 Å². The summed E-state index contributed by atoms with van der Waals surface area (Å²) in [5.74, 6) is 0.959. The second-order valence-corrected chi connectivity index (χ2v) is 6.64. The Kier molecular flexibility index (Phi) is 3.78. The number of imidazole rings is 1. The van der Waals surface area contributed by atoms with E-state index in [4.69, 9.17) is 11.6 Å². The van der Waals surface area contributed by atoms with Crippen molar-refractivity contribution in [1.82, 2.24) is 15.3 Å². The topological polar surface area (TPSA) is 40.7 Å². The van der Waals surface area contributed by atoms with Crippen molar-refractivity contribution < 1.29 is 0 Å². The number of aromatic nitrogens is 2. The highest BCUT2D eigenvalue weighted by molar-refractivity contribution is 7.16. The molecule has 2 aromatic heterocycles. The van der Waals surface area contributed by atoms with E-state index in [9.17, 15) is 0 Å². The molecule has 2 unspecified atom stereocenters. The minimum absolute atomic E-state index is 0.151. The molecular weight excluding hydrogens is 290 g/mol. The Hall–Kier alpha value is -1.36. The van der Waals surface area contributed by atoms with Crippen molar-refractivity contribution in [3.8, 4) is 0 Å². The molecule has 2 heterocycles. The average Bonchev–Trinajstić information content (AvgIpc) is 3.04. The van der Waals surface area contributed by atoms with E-state index in [1.807, 2.05) is 30.3 Å². The summed E-state index contributed by atoms with van der Waals surface area (Å²) in [5, 5.41) is 3.54. The van der Waals surface area contributed by atoms with Gasteiger partial charge in [0.25, 0.3) is 0 Å². The number of nitrogens with one attached hydrogen (secondary N) is 2. The van der Waals surface area contributed by atoms with Gasteiger partial charge in [-0.3, -0.25) is 0 Å². The first kappa shape index (κ1) is 13.6. The van der Waals surface area contributed by atoms with Crippen LogP contribution < -0.4 is 5.32 Å². The van der Waals surface area contributed by atoms with Crippen LogP contribution in [0.2, 0.25) is 4.34 Å². The highest BCUT2D eigenvalue weighted by atomic mass is 35.5. The van der Waals surface area contributed by atoms with Gasteiger partial charge in [0, 0.05) is 10.9 Å². The Balaban J connectivity index is 1.76. The highest BCUT2D eigenvalue weighted by Gasteiger charge is 2.15. The number of fused-ring (bicyclic) bond motifs is 1. The molecular formula is C15H16ClN3S. The molecule has 2 atom stereocenters. The Labute approximate surface area is 127 Å². The molecule has 0 radical (unpaired) electrons. The lowest BCUT2D eigenvalue weighted by molar-refractivity contribution is 0.485. The fourth-order valence-corrected chi connectivity index (χ4v) is 3.35. The minimum Gasteiger partial charge on any atom is -0.341 e. The van der Waals surface area contributed by atoms with E-state index in [2.05, 4.69) is 35.2 Å². The van der Waals surface area contributed by atoms with Crippen molar-refractivity contribution in [2.45, 2.75) is 25.9 Å². The lowest BCUT2D eigenvalue weighted by Crippen LogP contribution is -2.22. The Morgan fingerprint density at radius 2 is 1.95 bits per heavy atom. The van der Waals surface area contributed by atoms with E-state index in [1.54, 1.807) is 11.3 Å². The van der Waals surface area contributed by atoms with Gasteiger partial charge in [-0.1, -0.05) is 23.7 Å². The maximum absolute atomic E-state index is 5.98. The third kappa shape index (κ3) is 2.73. The smallest absolute Gasteiger partial charge is 0.124 e. The Bertz CT molecular complexity index is 686. The standard InChI is InChI=1S/C15H16ClN3S/c1-9(13-7-8-14(16)20-13)17-10(2)15-18-11-5-3-4-6-12(11)19-15/h3-10,17H,1-2H3,(H,18,19). The number of hydrogen-bond donors (Lipinski definition) is 2. The molecule has 2 N–H and O–H groups in total. The van der Waals surface area contributed by atoms with Gasteiger partial charge in [-0.05, 0) is 38.1 Å². The highest BCUT2D eigenvalue weighted by Crippen LogP contribution is 2.28. The third-order valence-corrected chi connectivity index (χ3v) is 4.75. The van der Waals surface area contributed by atoms with Crippen LogP contribution in [0.3, 0.4) is 0 Å². The number of aromatic amines is 1. The predicted molar refractivity (Wildman–Crippen MR) is 85.4 cm³/mol. The normalized spacial score (nSPS) is 14.6. The molecule has 3 rings (SSSR count). The first-order valence-electron chi connectivity index (χ1n) is 6.59. The van der Waals surface area contributed by atoms with Crippen LogP contribution in [-0.4, -0.2) is 9.97 Å². The number of H-pyrrole nitrogens is 1. The van der Waals surface area contributed by atoms with Crippen LogP contribution in [0.25, 0.3) is 11.0 Å². The van der Waals surface area contributed by atoms with Crippen molar-refractivity contribution in [3.63, 3.8) is 0 Å². The number of hydrogen-bond acceptors (Lipinski definition) is 3. The van der Waals surface area contributed by atoms with Gasteiger partial charge >= 0.3 is 0 Å². The van der Waals surface area contributed by atoms with Crippen molar-refractivity contribution in [1.29, 1.82) is 0 Å². The maximum Gasteiger partial charge on any atom is 0.124 e. The van der Waals surface area contributed by atoms with Crippen LogP contribution in [0.1, 0.15) is 36.6 Å². The summed E-state index contributed by atoms with van der Waals surface area (Å²) < 4.78 is 0.824. The number of nitrogens with zero attached hydrogens (tertiary/aromatic N) is 1. The van der Waals surface area contributed by atoms with Gasteiger partial charge in [0.15, 0.2) is 0 Å². The van der Waals surface area contributed by atoms with E-state index < -0.39 is 0 Å². The zero-order valence-electron chi connectivity index (χ0n) is 11.4. The van der Waals surface area contributed by atoms with Gasteiger partial charge in [-0.2, -0.15) is 0 Å². The Morgan fingerprint density at radius 1 is 1.15 bits per heavy atom. The van der Waals surface area contributed by atoms with Gasteiger partial charge < -0.3 is 10.3 Å². The molecule has 0 amide bonds. The van der Waals surface area contributed by atoms with Gasteiger partial charge in [-0.15, -0.1) is 11.3 Å². The number of thiophene rings is 1. The molecule has 0 aliphatic rings. The summed E-state index contributed by atoms with van der Waals surface area (Å²) in [6.45, 7) is 4.25. The summed E-state index contributed by atoms with van der Waals surface area (Å²) in [5.41, 5.74) is 2.07. The Morgan fingerprint density at radius 3 is 2.65 bits per heavy atom. The second-order valence-electron chi connectivity index (χ2n) is 4.89. The lowest BCUT2D eigenvalue weighted by Gasteiger charge is -2.17. The molecule has 0 aliphatic heterocycles. The summed E-state index contributed by atoms with van der Waals surface area (Å²) in [4.78, 5) is 9.22. The number of rotatable bonds is 4. The molecule has 5 heteroatoms. The number of benzene rings is 1. The molecule has 0 spiro atoms. The summed E-state index contributed by atoms with van der Waals surface area (Å²) in [6.07, 6.45) is 0. The molecule has 20 heavy (non-hydrogen) atoms. The van der Waals surface area contributed by atoms with Crippen molar-refractivity contribution in [2.24, 2.45) is 0 Å². The van der Waals surface area contributed by atoms with Crippen LogP contribution >= 0.6 is 22.9 Å². The van der Waals surface area contributed by atoms with Crippen LogP contribution in [-0.2, 0) is 0 Å². The van der Waals surface area contributed by atoms with Gasteiger partial charge in [0.05, 0.1) is 21.4 Å². The molecule has 104 valence electrons. The van der Waals surface area contributed by atoms with Crippen LogP contribution in [0.15, 0.2) is 36.4 Å². The molecule has 3 aromatic rings. The van der Waals surface area contributed by atoms with Crippen molar-refractivity contribution in [3.05, 3.63) is 51.4 Å². The number of para-hydroxylation sites is 2. The first-order chi connectivity index (χ1) is 9.63. The summed E-state index contributed by atoms with van der Waals surface area (Å²) in [7, 11) is 0. The average molecular weight is 306 g/mol. The summed E-state index contributed by atoms with van der Waals surface area (Å²) >= 11 is 7.59. The van der Waals surface area contributed by atoms with Crippen LogP contribution in [0.4, 0.5) is 0 Å². The van der Waals surface area contributed by atoms with Crippen molar-refractivity contribution in [2.75, 3.05) is 0 Å². The minimum atomic E-state index is 0.151. The molecule has 1 aromatic carbocycles. The zero-order valence-corrected chi connectivity index (χ0v) is 12.9. The van der Waals surface area contributed by atoms with E-state index in [1.165, 1.54) is 4.88 Å². The molecule has 0 saturated carbocycles. The zero-order chi connectivity index (χ0) is 14.1. The van der Waals surface area contributed by atoms with Gasteiger partial charge in [-0.25, -0.2) is 4.98 Å². The largest absolute Gasteiger partial charge is 0.341 e. The van der Waals surface area contributed by atoms with Gasteiger partial charge in [0.2, 0.25) is 0 Å². The van der Waals surface area contributed by atoms with E-state index in [-0.39, 0.29) is 12.1 Å². The molecule has 0 saturated heterocycles. The van der Waals surface area contributed by atoms with Crippen LogP contribution in [0.5, 0.6) is 0 Å². The number of halogens is 1. The summed E-state index contributed by atoms with van der Waals surface area (Å²) in [6, 6.07) is 12.5. The third-order valence-electron chi connectivity index (χ3n) is 3.34. The van der Waals surface area contributed by atoms with Crippen molar-refractivity contribution >= 4 is 34.0 Å².